The van der Waals surface area contributed by atoms with E-state index in [2.05, 4.69) is 15.6 Å². The first kappa shape index (κ1) is 19.6. The van der Waals surface area contributed by atoms with Crippen LogP contribution in [-0.4, -0.2) is 43.3 Å². The van der Waals surface area contributed by atoms with Gasteiger partial charge in [-0.1, -0.05) is 12.1 Å². The van der Waals surface area contributed by atoms with Gasteiger partial charge in [-0.3, -0.25) is 4.79 Å². The van der Waals surface area contributed by atoms with Crippen molar-refractivity contribution in [1.29, 1.82) is 0 Å². The Morgan fingerprint density at radius 2 is 2.03 bits per heavy atom. The van der Waals surface area contributed by atoms with Crippen molar-refractivity contribution in [3.63, 3.8) is 0 Å². The molecule has 0 saturated carbocycles. The van der Waals surface area contributed by atoms with Gasteiger partial charge in [0.2, 0.25) is 5.88 Å². The Labute approximate surface area is 169 Å². The molecule has 2 aliphatic heterocycles. The zero-order valence-electron chi connectivity index (χ0n) is 16.5. The normalized spacial score (nSPS) is 19.0. The molecule has 154 valence electrons. The molecule has 0 bridgehead atoms. The zero-order chi connectivity index (χ0) is 20.2. The van der Waals surface area contributed by atoms with Gasteiger partial charge in [-0.2, -0.15) is 0 Å². The van der Waals surface area contributed by atoms with Crippen LogP contribution < -0.4 is 15.4 Å². The molecule has 0 unspecified atom stereocenters. The van der Waals surface area contributed by atoms with E-state index in [4.69, 9.17) is 9.47 Å². The molecule has 1 amide bonds. The molecule has 3 heterocycles. The molecule has 2 aromatic rings. The van der Waals surface area contributed by atoms with Gasteiger partial charge in [0.05, 0.1) is 11.7 Å². The fraction of sp³-hybridized carbons (Fsp3) is 0.455. The molecule has 7 heteroatoms. The number of benzene rings is 1. The number of ether oxygens (including phenoxy) is 2. The highest BCUT2D eigenvalue weighted by Crippen LogP contribution is 2.30. The third-order valence-corrected chi connectivity index (χ3v) is 5.35. The quantitative estimate of drug-likeness (QED) is 0.808. The molecule has 1 fully saturated rings. The first-order chi connectivity index (χ1) is 14.1. The smallest absolute Gasteiger partial charge is 0.270 e. The molecule has 0 spiro atoms. The van der Waals surface area contributed by atoms with E-state index in [1.165, 1.54) is 12.1 Å². The Balaban J connectivity index is 1.57. The van der Waals surface area contributed by atoms with E-state index in [0.717, 1.165) is 42.9 Å². The van der Waals surface area contributed by atoms with Crippen LogP contribution in [0.4, 0.5) is 10.1 Å². The summed E-state index contributed by atoms with van der Waals surface area (Å²) in [5, 5.41) is 6.38. The predicted molar refractivity (Wildman–Crippen MR) is 108 cm³/mol. The highest BCUT2D eigenvalue weighted by molar-refractivity contribution is 5.94. The molecule has 1 aromatic heterocycles. The number of pyridine rings is 1. The summed E-state index contributed by atoms with van der Waals surface area (Å²) < 4.78 is 24.4. The van der Waals surface area contributed by atoms with Gasteiger partial charge in [-0.15, -0.1) is 0 Å². The summed E-state index contributed by atoms with van der Waals surface area (Å²) in [7, 11) is 0. The minimum atomic E-state index is -0.282. The fourth-order valence-electron chi connectivity index (χ4n) is 3.69. The first-order valence-electron chi connectivity index (χ1n) is 10.1. The van der Waals surface area contributed by atoms with Gasteiger partial charge in [0.25, 0.3) is 5.91 Å². The molecule has 1 atom stereocenters. The van der Waals surface area contributed by atoms with Crippen LogP contribution in [0.5, 0.6) is 5.88 Å². The van der Waals surface area contributed by atoms with E-state index in [9.17, 15) is 9.18 Å². The van der Waals surface area contributed by atoms with Gasteiger partial charge < -0.3 is 20.1 Å². The van der Waals surface area contributed by atoms with Crippen molar-refractivity contribution < 1.29 is 18.7 Å². The Morgan fingerprint density at radius 1 is 1.28 bits per heavy atom. The molecule has 29 heavy (non-hydrogen) atoms. The summed E-state index contributed by atoms with van der Waals surface area (Å²) in [6.45, 7) is 4.61. The maximum Gasteiger partial charge on any atom is 0.270 e. The lowest BCUT2D eigenvalue weighted by atomic mass is 9.99. The summed E-state index contributed by atoms with van der Waals surface area (Å²) in [6, 6.07) is 8.39. The highest BCUT2D eigenvalue weighted by Gasteiger charge is 2.24. The SMILES string of the molecule is C[C@H]1COc2nc(C(=O)NCC3CCOCC3)c(Cc3ccc(F)cc3)cc2N1. The molecule has 6 nitrogen and oxygen atoms in total. The monoisotopic (exact) mass is 399 g/mol. The molecular weight excluding hydrogens is 373 g/mol. The van der Waals surface area contributed by atoms with Crippen LogP contribution in [0.1, 0.15) is 41.4 Å². The van der Waals surface area contributed by atoms with Crippen molar-refractivity contribution in [3.8, 4) is 5.88 Å². The molecule has 2 aliphatic rings. The minimum Gasteiger partial charge on any atom is -0.474 e. The van der Waals surface area contributed by atoms with Gasteiger partial charge in [0.1, 0.15) is 18.1 Å². The lowest BCUT2D eigenvalue weighted by molar-refractivity contribution is 0.0641. The van der Waals surface area contributed by atoms with E-state index >= 15 is 0 Å². The summed E-state index contributed by atoms with van der Waals surface area (Å²) in [6.07, 6.45) is 2.38. The largest absolute Gasteiger partial charge is 0.474 e. The van der Waals surface area contributed by atoms with E-state index in [1.54, 1.807) is 12.1 Å². The summed E-state index contributed by atoms with van der Waals surface area (Å²) in [4.78, 5) is 17.5. The number of fused-ring (bicyclic) bond motifs is 1. The lowest BCUT2D eigenvalue weighted by Gasteiger charge is -2.26. The minimum absolute atomic E-state index is 0.163. The van der Waals surface area contributed by atoms with Gasteiger partial charge >= 0.3 is 0 Å². The standard InChI is InChI=1S/C22H26FN3O3/c1-14-13-29-22-19(25-14)11-17(10-15-2-4-18(23)5-3-15)20(26-22)21(27)24-12-16-6-8-28-9-7-16/h2-5,11,14,16,25H,6-10,12-13H2,1H3,(H,24,27)/t14-/m0/s1. The second kappa shape index (κ2) is 8.78. The maximum atomic E-state index is 13.3. The molecule has 1 saturated heterocycles. The van der Waals surface area contributed by atoms with E-state index in [0.29, 0.717) is 37.1 Å². The van der Waals surface area contributed by atoms with Crippen LogP contribution in [0, 0.1) is 11.7 Å². The average Bonchev–Trinajstić information content (AvgIpc) is 2.74. The summed E-state index contributed by atoms with van der Waals surface area (Å²) >= 11 is 0. The molecule has 4 rings (SSSR count). The van der Waals surface area contributed by atoms with Crippen LogP contribution >= 0.6 is 0 Å². The Morgan fingerprint density at radius 3 is 2.79 bits per heavy atom. The van der Waals surface area contributed by atoms with Crippen molar-refractivity contribution in [2.24, 2.45) is 5.92 Å². The number of nitrogens with one attached hydrogen (secondary N) is 2. The Kier molecular flexibility index (Phi) is 5.94. The topological polar surface area (TPSA) is 72.5 Å². The first-order valence-corrected chi connectivity index (χ1v) is 10.1. The van der Waals surface area contributed by atoms with Crippen LogP contribution in [-0.2, 0) is 11.2 Å². The summed E-state index contributed by atoms with van der Waals surface area (Å²) in [5.74, 6) is 0.376. The zero-order valence-corrected chi connectivity index (χ0v) is 16.5. The number of aromatic nitrogens is 1. The molecule has 0 radical (unpaired) electrons. The van der Waals surface area contributed by atoms with Crippen LogP contribution in [0.3, 0.4) is 0 Å². The molecular formula is C22H26FN3O3. The second-order valence-electron chi connectivity index (χ2n) is 7.77. The Hall–Kier alpha value is -2.67. The highest BCUT2D eigenvalue weighted by atomic mass is 19.1. The molecule has 0 aliphatic carbocycles. The van der Waals surface area contributed by atoms with Gasteiger partial charge in [0.15, 0.2) is 0 Å². The Bertz CT molecular complexity index is 866. The maximum absolute atomic E-state index is 13.3. The number of anilines is 1. The van der Waals surface area contributed by atoms with Crippen molar-refractivity contribution in [1.82, 2.24) is 10.3 Å². The number of hydrogen-bond donors (Lipinski definition) is 2. The number of nitrogens with zero attached hydrogens (tertiary/aromatic N) is 1. The number of hydrogen-bond acceptors (Lipinski definition) is 5. The number of carbonyl (C=O) groups is 1. The molecule has 2 N–H and O–H groups in total. The van der Waals surface area contributed by atoms with Crippen LogP contribution in [0.2, 0.25) is 0 Å². The van der Waals surface area contributed by atoms with Crippen molar-refractivity contribution in [2.75, 3.05) is 31.7 Å². The summed E-state index contributed by atoms with van der Waals surface area (Å²) in [5.41, 5.74) is 2.83. The van der Waals surface area contributed by atoms with E-state index in [-0.39, 0.29) is 17.8 Å². The van der Waals surface area contributed by atoms with Gasteiger partial charge in [-0.05, 0) is 61.4 Å². The van der Waals surface area contributed by atoms with Gasteiger partial charge in [-0.25, -0.2) is 9.37 Å². The van der Waals surface area contributed by atoms with E-state index < -0.39 is 0 Å². The lowest BCUT2D eigenvalue weighted by Crippen LogP contribution is -2.34. The van der Waals surface area contributed by atoms with Gasteiger partial charge in [0, 0.05) is 19.8 Å². The third kappa shape index (κ3) is 4.85. The van der Waals surface area contributed by atoms with Crippen molar-refractivity contribution in [2.45, 2.75) is 32.2 Å². The van der Waals surface area contributed by atoms with Crippen molar-refractivity contribution in [3.05, 3.63) is 53.0 Å². The average molecular weight is 399 g/mol. The number of rotatable bonds is 5. The number of halogens is 1. The molecule has 1 aromatic carbocycles. The van der Waals surface area contributed by atoms with Crippen LogP contribution in [0.25, 0.3) is 0 Å². The van der Waals surface area contributed by atoms with Crippen molar-refractivity contribution >= 4 is 11.6 Å². The van der Waals surface area contributed by atoms with Crippen LogP contribution in [0.15, 0.2) is 30.3 Å². The second-order valence-corrected chi connectivity index (χ2v) is 7.77. The van der Waals surface area contributed by atoms with E-state index in [1.807, 2.05) is 13.0 Å². The number of amides is 1. The predicted octanol–water partition coefficient (Wildman–Crippen LogP) is 3.16. The fourth-order valence-corrected chi connectivity index (χ4v) is 3.69. The third-order valence-electron chi connectivity index (χ3n) is 5.35. The number of carbonyl (C=O) groups excluding carboxylic acids is 1.